The van der Waals surface area contributed by atoms with Gasteiger partial charge < -0.3 is 10.0 Å². The zero-order valence-corrected chi connectivity index (χ0v) is 12.1. The van der Waals surface area contributed by atoms with Gasteiger partial charge in [0.1, 0.15) is 0 Å². The van der Waals surface area contributed by atoms with Crippen LogP contribution >= 0.6 is 15.9 Å². The van der Waals surface area contributed by atoms with E-state index in [1.165, 1.54) is 0 Å². The van der Waals surface area contributed by atoms with Gasteiger partial charge in [-0.3, -0.25) is 4.79 Å². The van der Waals surface area contributed by atoms with Gasteiger partial charge in [0, 0.05) is 24.0 Å². The van der Waals surface area contributed by atoms with Gasteiger partial charge in [-0.1, -0.05) is 28.1 Å². The minimum Gasteiger partial charge on any atom is -0.388 e. The molecule has 98 valence electrons. The lowest BCUT2D eigenvalue weighted by Crippen LogP contribution is -2.48. The van der Waals surface area contributed by atoms with Gasteiger partial charge in [0.25, 0.3) is 5.91 Å². The molecule has 0 bridgehead atoms. The van der Waals surface area contributed by atoms with E-state index in [-0.39, 0.29) is 5.91 Å². The first kappa shape index (κ1) is 13.6. The molecular weight excluding hydrogens is 294 g/mol. The summed E-state index contributed by atoms with van der Waals surface area (Å²) >= 11 is 3.38. The number of halogens is 1. The third kappa shape index (κ3) is 3.12. The molecule has 1 heterocycles. The summed E-state index contributed by atoms with van der Waals surface area (Å²) in [5, 5.41) is 10.8. The number of carbonyl (C=O) groups is 1. The highest BCUT2D eigenvalue weighted by Crippen LogP contribution is 2.22. The molecule has 0 radical (unpaired) electrons. The number of nitrogens with zero attached hydrogens (tertiary/aromatic N) is 1. The molecule has 1 N–H and O–H groups in total. The minimum absolute atomic E-state index is 0.0103. The van der Waals surface area contributed by atoms with Gasteiger partial charge in [-0.05, 0) is 37.5 Å². The lowest BCUT2D eigenvalue weighted by molar-refractivity contribution is -0.0107. The first-order valence-electron chi connectivity index (χ1n) is 6.18. The van der Waals surface area contributed by atoms with Crippen LogP contribution in [0.4, 0.5) is 0 Å². The molecule has 0 aliphatic carbocycles. The van der Waals surface area contributed by atoms with Crippen molar-refractivity contribution in [2.45, 2.75) is 30.7 Å². The Hall–Kier alpha value is -0.870. The molecule has 0 aromatic heterocycles. The average Bonchev–Trinajstić information content (AvgIpc) is 2.37. The van der Waals surface area contributed by atoms with Crippen molar-refractivity contribution in [1.29, 1.82) is 0 Å². The maximum absolute atomic E-state index is 12.3. The van der Waals surface area contributed by atoms with E-state index in [0.717, 1.165) is 30.3 Å². The topological polar surface area (TPSA) is 40.5 Å². The summed E-state index contributed by atoms with van der Waals surface area (Å²) in [6, 6.07) is 7.60. The number of rotatable bonds is 2. The Kier molecular flexibility index (Phi) is 4.07. The Morgan fingerprint density at radius 2 is 2.11 bits per heavy atom. The van der Waals surface area contributed by atoms with E-state index in [9.17, 15) is 9.90 Å². The summed E-state index contributed by atoms with van der Waals surface area (Å²) in [5.41, 5.74) is 1.10. The maximum Gasteiger partial charge on any atom is 0.253 e. The van der Waals surface area contributed by atoms with Gasteiger partial charge in [-0.25, -0.2) is 0 Å². The van der Waals surface area contributed by atoms with Crippen LogP contribution in [0.25, 0.3) is 0 Å². The number of hydrogen-bond donors (Lipinski definition) is 1. The molecule has 3 nitrogen and oxygen atoms in total. The third-order valence-corrected chi connectivity index (χ3v) is 3.96. The number of likely N-dealkylation sites (tertiary alicyclic amines) is 1. The number of β-amino-alcohol motifs (C(OH)–C–C–N with tert-alkyl or cyclic N) is 1. The smallest absolute Gasteiger partial charge is 0.253 e. The van der Waals surface area contributed by atoms with Crippen LogP contribution in [0.3, 0.4) is 0 Å². The zero-order chi connectivity index (χ0) is 13.2. The van der Waals surface area contributed by atoms with E-state index in [0.29, 0.717) is 12.1 Å². The Morgan fingerprint density at radius 1 is 1.44 bits per heavy atom. The van der Waals surface area contributed by atoms with Crippen LogP contribution in [0.15, 0.2) is 24.3 Å². The van der Waals surface area contributed by atoms with Crippen molar-refractivity contribution >= 4 is 21.8 Å². The second-order valence-electron chi connectivity index (χ2n) is 5.16. The number of amides is 1. The van der Waals surface area contributed by atoms with Crippen LogP contribution in [0.1, 0.15) is 35.7 Å². The summed E-state index contributed by atoms with van der Waals surface area (Å²) in [5.74, 6) is 0.0103. The number of piperidine rings is 1. The molecule has 1 atom stereocenters. The monoisotopic (exact) mass is 311 g/mol. The fourth-order valence-electron chi connectivity index (χ4n) is 2.31. The molecule has 0 spiro atoms. The first-order chi connectivity index (χ1) is 8.52. The van der Waals surface area contributed by atoms with Gasteiger partial charge in [-0.15, -0.1) is 0 Å². The number of alkyl halides is 1. The fourth-order valence-corrected chi connectivity index (χ4v) is 2.69. The van der Waals surface area contributed by atoms with Crippen molar-refractivity contribution in [2.75, 3.05) is 13.1 Å². The molecule has 1 amide bonds. The average molecular weight is 312 g/mol. The minimum atomic E-state index is -0.746. The summed E-state index contributed by atoms with van der Waals surface area (Å²) in [6.07, 6.45) is 1.62. The van der Waals surface area contributed by atoms with E-state index >= 15 is 0 Å². The molecule has 1 saturated heterocycles. The van der Waals surface area contributed by atoms with Crippen LogP contribution in [0.2, 0.25) is 0 Å². The second kappa shape index (κ2) is 5.41. The molecular formula is C14H18BrNO2. The predicted octanol–water partition coefficient (Wildman–Crippen LogP) is 2.57. The molecule has 4 heteroatoms. The van der Waals surface area contributed by atoms with Gasteiger partial charge >= 0.3 is 0 Å². The largest absolute Gasteiger partial charge is 0.388 e. The van der Waals surface area contributed by atoms with Crippen molar-refractivity contribution in [3.63, 3.8) is 0 Å². The van der Waals surface area contributed by atoms with Gasteiger partial charge in [0.05, 0.1) is 5.60 Å². The highest BCUT2D eigenvalue weighted by molar-refractivity contribution is 9.08. The molecule has 1 fully saturated rings. The quantitative estimate of drug-likeness (QED) is 0.853. The Bertz CT molecular complexity index is 428. The SMILES string of the molecule is CC1(O)CCCN(C(=O)c2ccc(CBr)cc2)C1. The van der Waals surface area contributed by atoms with Crippen molar-refractivity contribution in [3.05, 3.63) is 35.4 Å². The van der Waals surface area contributed by atoms with Crippen LogP contribution in [-0.4, -0.2) is 34.6 Å². The molecule has 0 saturated carbocycles. The summed E-state index contributed by atoms with van der Waals surface area (Å²) in [6.45, 7) is 2.95. The molecule has 1 unspecified atom stereocenters. The number of aliphatic hydroxyl groups is 1. The van der Waals surface area contributed by atoms with Gasteiger partial charge in [-0.2, -0.15) is 0 Å². The van der Waals surface area contributed by atoms with Crippen LogP contribution in [0.5, 0.6) is 0 Å². The van der Waals surface area contributed by atoms with E-state index in [1.54, 1.807) is 11.8 Å². The lowest BCUT2D eigenvalue weighted by atomic mass is 9.94. The maximum atomic E-state index is 12.3. The second-order valence-corrected chi connectivity index (χ2v) is 5.72. The number of benzene rings is 1. The van der Waals surface area contributed by atoms with E-state index in [2.05, 4.69) is 15.9 Å². The van der Waals surface area contributed by atoms with Gasteiger partial charge in [0.2, 0.25) is 0 Å². The summed E-state index contributed by atoms with van der Waals surface area (Å²) < 4.78 is 0. The van der Waals surface area contributed by atoms with Crippen molar-refractivity contribution in [1.82, 2.24) is 4.90 Å². The highest BCUT2D eigenvalue weighted by Gasteiger charge is 2.31. The predicted molar refractivity (Wildman–Crippen MR) is 74.8 cm³/mol. The molecule has 2 rings (SSSR count). The fraction of sp³-hybridized carbons (Fsp3) is 0.500. The van der Waals surface area contributed by atoms with Gasteiger partial charge in [0.15, 0.2) is 0 Å². The Balaban J connectivity index is 2.10. The van der Waals surface area contributed by atoms with Crippen LogP contribution in [0, 0.1) is 0 Å². The standard InChI is InChI=1S/C14H18BrNO2/c1-14(18)7-2-8-16(10-14)13(17)12-5-3-11(9-15)4-6-12/h3-6,18H,2,7-10H2,1H3. The summed E-state index contributed by atoms with van der Waals surface area (Å²) in [7, 11) is 0. The van der Waals surface area contributed by atoms with Crippen molar-refractivity contribution in [2.24, 2.45) is 0 Å². The van der Waals surface area contributed by atoms with Crippen LogP contribution in [-0.2, 0) is 5.33 Å². The van der Waals surface area contributed by atoms with Crippen LogP contribution < -0.4 is 0 Å². The number of carbonyl (C=O) groups excluding carboxylic acids is 1. The number of hydrogen-bond acceptors (Lipinski definition) is 2. The Morgan fingerprint density at radius 3 is 2.67 bits per heavy atom. The molecule has 1 aliphatic rings. The molecule has 1 aromatic carbocycles. The first-order valence-corrected chi connectivity index (χ1v) is 7.30. The molecule has 1 aromatic rings. The molecule has 1 aliphatic heterocycles. The van der Waals surface area contributed by atoms with Crippen molar-refractivity contribution in [3.8, 4) is 0 Å². The van der Waals surface area contributed by atoms with E-state index < -0.39 is 5.60 Å². The third-order valence-electron chi connectivity index (χ3n) is 3.32. The van der Waals surface area contributed by atoms with E-state index in [1.807, 2.05) is 24.3 Å². The Labute approximate surface area is 116 Å². The van der Waals surface area contributed by atoms with E-state index in [4.69, 9.17) is 0 Å². The highest BCUT2D eigenvalue weighted by atomic mass is 79.9. The lowest BCUT2D eigenvalue weighted by Gasteiger charge is -2.36. The molecule has 18 heavy (non-hydrogen) atoms. The van der Waals surface area contributed by atoms with Crippen molar-refractivity contribution < 1.29 is 9.90 Å². The normalized spacial score (nSPS) is 24.1. The zero-order valence-electron chi connectivity index (χ0n) is 10.5. The summed E-state index contributed by atoms with van der Waals surface area (Å²) in [4.78, 5) is 14.0.